The lowest BCUT2D eigenvalue weighted by Crippen LogP contribution is -2.49. The predicted octanol–water partition coefficient (Wildman–Crippen LogP) is 1.51. The SMILES string of the molecule is CN(C)CCCNC(=O)CNC(=O)[C@H](CCCC[C@H](NC(=O)OCc1ccccc1)C(=O)NCC(=O)NCCCN(C)C)NC(=O)OCc1ccccc1. The summed E-state index contributed by atoms with van der Waals surface area (Å²) in [6.45, 7) is 1.92. The highest BCUT2D eigenvalue weighted by Crippen LogP contribution is 2.10. The molecule has 54 heavy (non-hydrogen) atoms. The minimum Gasteiger partial charge on any atom is -0.445 e. The Hall–Kier alpha value is -5.22. The fourth-order valence-corrected chi connectivity index (χ4v) is 5.00. The van der Waals surface area contributed by atoms with Crippen LogP contribution >= 0.6 is 0 Å². The molecule has 0 bridgehead atoms. The van der Waals surface area contributed by atoms with Crippen molar-refractivity contribution in [3.63, 3.8) is 0 Å². The summed E-state index contributed by atoms with van der Waals surface area (Å²) in [6, 6.07) is 16.0. The molecule has 16 nitrogen and oxygen atoms in total. The lowest BCUT2D eigenvalue weighted by molar-refractivity contribution is -0.127. The molecule has 6 amide bonds. The molecule has 0 aromatic heterocycles. The number of carbonyl (C=O) groups excluding carboxylic acids is 6. The van der Waals surface area contributed by atoms with E-state index in [1.54, 1.807) is 24.3 Å². The number of unbranched alkanes of at least 4 members (excludes halogenated alkanes) is 1. The second-order valence-electron chi connectivity index (χ2n) is 13.3. The average molecular weight is 755 g/mol. The Morgan fingerprint density at radius 1 is 0.537 bits per heavy atom. The van der Waals surface area contributed by atoms with Crippen LogP contribution in [0.15, 0.2) is 60.7 Å². The normalized spacial score (nSPS) is 11.9. The fraction of sp³-hybridized carbons (Fsp3) is 0.526. The van der Waals surface area contributed by atoms with Crippen LogP contribution in [0.2, 0.25) is 0 Å². The first-order valence-corrected chi connectivity index (χ1v) is 18.3. The van der Waals surface area contributed by atoms with Gasteiger partial charge in [0.05, 0.1) is 13.1 Å². The van der Waals surface area contributed by atoms with Crippen molar-refractivity contribution >= 4 is 35.8 Å². The second kappa shape index (κ2) is 26.5. The van der Waals surface area contributed by atoms with Gasteiger partial charge >= 0.3 is 12.2 Å². The van der Waals surface area contributed by atoms with Crippen LogP contribution in [-0.4, -0.2) is 125 Å². The first-order chi connectivity index (χ1) is 25.9. The maximum Gasteiger partial charge on any atom is 0.408 e. The van der Waals surface area contributed by atoms with E-state index < -0.39 is 36.1 Å². The molecule has 2 rings (SSSR count). The Labute approximate surface area is 318 Å². The Bertz CT molecular complexity index is 1320. The van der Waals surface area contributed by atoms with Gasteiger partial charge in [-0.25, -0.2) is 9.59 Å². The highest BCUT2D eigenvalue weighted by molar-refractivity contribution is 5.90. The minimum atomic E-state index is -1.05. The summed E-state index contributed by atoms with van der Waals surface area (Å²) in [5.74, 6) is -1.89. The van der Waals surface area contributed by atoms with Gasteiger partial charge in [0.15, 0.2) is 0 Å². The molecule has 0 saturated carbocycles. The number of benzene rings is 2. The zero-order chi connectivity index (χ0) is 39.6. The Morgan fingerprint density at radius 2 is 0.907 bits per heavy atom. The number of hydrogen-bond acceptors (Lipinski definition) is 10. The summed E-state index contributed by atoms with van der Waals surface area (Å²) >= 11 is 0. The Morgan fingerprint density at radius 3 is 1.26 bits per heavy atom. The third-order valence-electron chi connectivity index (χ3n) is 7.93. The maximum absolute atomic E-state index is 13.2. The molecule has 2 aromatic carbocycles. The molecule has 6 N–H and O–H groups in total. The predicted molar refractivity (Wildman–Crippen MR) is 204 cm³/mol. The topological polar surface area (TPSA) is 200 Å². The van der Waals surface area contributed by atoms with Gasteiger partial charge < -0.3 is 51.2 Å². The van der Waals surface area contributed by atoms with Crippen molar-refractivity contribution in [1.82, 2.24) is 41.7 Å². The zero-order valence-electron chi connectivity index (χ0n) is 32.0. The largest absolute Gasteiger partial charge is 0.445 e. The number of amides is 6. The van der Waals surface area contributed by atoms with Crippen molar-refractivity contribution in [3.8, 4) is 0 Å². The summed E-state index contributed by atoms with van der Waals surface area (Å²) in [6.07, 6.45) is 0.812. The molecule has 0 aliphatic heterocycles. The van der Waals surface area contributed by atoms with Gasteiger partial charge in [-0.2, -0.15) is 0 Å². The first-order valence-electron chi connectivity index (χ1n) is 18.3. The number of carbonyl (C=O) groups is 6. The van der Waals surface area contributed by atoms with Gasteiger partial charge in [0.1, 0.15) is 25.3 Å². The minimum absolute atomic E-state index is 0.00664. The third kappa shape index (κ3) is 21.3. The van der Waals surface area contributed by atoms with Crippen LogP contribution in [0, 0.1) is 0 Å². The van der Waals surface area contributed by atoms with Crippen molar-refractivity contribution < 1.29 is 38.2 Å². The summed E-state index contributed by atoms with van der Waals surface area (Å²) in [5, 5.41) is 15.8. The van der Waals surface area contributed by atoms with Crippen molar-refractivity contribution in [2.75, 3.05) is 67.5 Å². The van der Waals surface area contributed by atoms with E-state index in [-0.39, 0.29) is 51.0 Å². The van der Waals surface area contributed by atoms with E-state index in [1.165, 1.54) is 0 Å². The van der Waals surface area contributed by atoms with Crippen LogP contribution in [0.3, 0.4) is 0 Å². The molecule has 0 fully saturated rings. The van der Waals surface area contributed by atoms with Crippen LogP contribution in [0.25, 0.3) is 0 Å². The smallest absolute Gasteiger partial charge is 0.408 e. The second-order valence-corrected chi connectivity index (χ2v) is 13.3. The molecule has 0 unspecified atom stereocenters. The molecule has 2 atom stereocenters. The summed E-state index contributed by atoms with van der Waals surface area (Å²) in [7, 11) is 7.73. The molecule has 0 aliphatic rings. The summed E-state index contributed by atoms with van der Waals surface area (Å²) < 4.78 is 10.6. The number of nitrogens with one attached hydrogen (secondary N) is 6. The molecule has 0 heterocycles. The van der Waals surface area contributed by atoms with Gasteiger partial charge in [0, 0.05) is 13.1 Å². The zero-order valence-corrected chi connectivity index (χ0v) is 32.0. The van der Waals surface area contributed by atoms with Crippen LogP contribution in [-0.2, 0) is 41.9 Å². The molecule has 0 spiro atoms. The van der Waals surface area contributed by atoms with Gasteiger partial charge in [-0.1, -0.05) is 73.5 Å². The van der Waals surface area contributed by atoms with E-state index in [4.69, 9.17) is 9.47 Å². The van der Waals surface area contributed by atoms with E-state index in [9.17, 15) is 28.8 Å². The van der Waals surface area contributed by atoms with Crippen LogP contribution in [0.5, 0.6) is 0 Å². The molecular formula is C38H58N8O8. The summed E-state index contributed by atoms with van der Waals surface area (Å²) in [4.78, 5) is 80.4. The number of nitrogens with zero attached hydrogens (tertiary/aromatic N) is 2. The van der Waals surface area contributed by atoms with Gasteiger partial charge in [-0.05, 0) is 78.1 Å². The van der Waals surface area contributed by atoms with E-state index in [0.29, 0.717) is 25.9 Å². The standard InChI is InChI=1S/C38H58N8O8/c1-45(2)23-13-21-39-33(47)25-41-35(49)31(43-37(51)53-27-29-15-7-5-8-16-29)19-11-12-20-32(44-38(52)54-28-30-17-9-6-10-18-30)36(50)42-26-34(48)40-22-14-24-46(3)4/h5-10,15-18,31-32H,11-14,19-28H2,1-4H3,(H,39,47)(H,40,48)(H,41,49)(H,42,50)(H,43,51)(H,44,52)/t31-,32-/m0/s1. The lowest BCUT2D eigenvalue weighted by atomic mass is 10.0. The molecular weight excluding hydrogens is 696 g/mol. The fourth-order valence-electron chi connectivity index (χ4n) is 5.00. The van der Waals surface area contributed by atoms with Crippen molar-refractivity contribution in [2.45, 2.75) is 63.8 Å². The molecule has 0 aliphatic carbocycles. The first kappa shape index (κ1) is 44.9. The maximum atomic E-state index is 13.2. The number of hydrogen-bond donors (Lipinski definition) is 6. The number of rotatable bonds is 25. The van der Waals surface area contributed by atoms with Crippen LogP contribution in [0.1, 0.15) is 49.7 Å². The van der Waals surface area contributed by atoms with Crippen molar-refractivity contribution in [1.29, 1.82) is 0 Å². The van der Waals surface area contributed by atoms with E-state index in [0.717, 1.165) is 37.1 Å². The van der Waals surface area contributed by atoms with Crippen LogP contribution in [0.4, 0.5) is 9.59 Å². The van der Waals surface area contributed by atoms with Crippen LogP contribution < -0.4 is 31.9 Å². The highest BCUT2D eigenvalue weighted by Gasteiger charge is 2.25. The molecule has 0 radical (unpaired) electrons. The summed E-state index contributed by atoms with van der Waals surface area (Å²) in [5.41, 5.74) is 1.53. The lowest BCUT2D eigenvalue weighted by Gasteiger charge is -2.20. The van der Waals surface area contributed by atoms with E-state index >= 15 is 0 Å². The Kier molecular flexibility index (Phi) is 22.1. The van der Waals surface area contributed by atoms with Gasteiger partial charge in [0.25, 0.3) is 0 Å². The van der Waals surface area contributed by atoms with Gasteiger partial charge in [-0.3, -0.25) is 19.2 Å². The molecule has 0 saturated heterocycles. The molecule has 298 valence electrons. The van der Waals surface area contributed by atoms with Crippen molar-refractivity contribution in [3.05, 3.63) is 71.8 Å². The Balaban J connectivity index is 1.99. The van der Waals surface area contributed by atoms with Gasteiger partial charge in [-0.15, -0.1) is 0 Å². The van der Waals surface area contributed by atoms with Gasteiger partial charge in [0.2, 0.25) is 23.6 Å². The monoisotopic (exact) mass is 754 g/mol. The van der Waals surface area contributed by atoms with Crippen molar-refractivity contribution in [2.24, 2.45) is 0 Å². The average Bonchev–Trinajstić information content (AvgIpc) is 3.15. The highest BCUT2D eigenvalue weighted by atomic mass is 16.6. The number of alkyl carbamates (subject to hydrolysis) is 2. The van der Waals surface area contributed by atoms with E-state index in [1.807, 2.05) is 74.4 Å². The number of ether oxygens (including phenoxy) is 2. The third-order valence-corrected chi connectivity index (χ3v) is 7.93. The molecule has 2 aromatic rings. The quantitative estimate of drug-likeness (QED) is 0.0808. The van der Waals surface area contributed by atoms with E-state index in [2.05, 4.69) is 31.9 Å². The molecule has 16 heteroatoms.